The largest absolute Gasteiger partial charge is 0.461 e. The quantitative estimate of drug-likeness (QED) is 0.257. The van der Waals surface area contributed by atoms with E-state index in [4.69, 9.17) is 16.3 Å². The van der Waals surface area contributed by atoms with E-state index in [0.29, 0.717) is 11.6 Å². The zero-order chi connectivity index (χ0) is 28.1. The van der Waals surface area contributed by atoms with Gasteiger partial charge in [0.15, 0.2) is 6.10 Å². The highest BCUT2D eigenvalue weighted by molar-refractivity contribution is 6.30. The molecule has 2 aromatic carbocycles. The Balaban J connectivity index is 2.26. The Morgan fingerprint density at radius 2 is 1.76 bits per heavy atom. The number of hydrogen-bond donors (Lipinski definition) is 1. The predicted octanol–water partition coefficient (Wildman–Crippen LogP) is 5.66. The Kier molecular flexibility index (Phi) is 8.93. The summed E-state index contributed by atoms with van der Waals surface area (Å²) in [6.45, 7) is 2.39. The first-order valence-corrected chi connectivity index (χ1v) is 11.5. The Labute approximate surface area is 219 Å². The summed E-state index contributed by atoms with van der Waals surface area (Å²) >= 11 is 5.99. The summed E-state index contributed by atoms with van der Waals surface area (Å²) < 4.78 is 76.9. The molecule has 0 unspecified atom stereocenters. The van der Waals surface area contributed by atoms with E-state index in [1.54, 1.807) is 30.3 Å². The van der Waals surface area contributed by atoms with Gasteiger partial charge in [-0.15, -0.1) is 0 Å². The number of alkyl halides is 4. The number of halogens is 6. The monoisotopic (exact) mass is 556 g/mol. The van der Waals surface area contributed by atoms with Gasteiger partial charge in [0, 0.05) is 25.6 Å². The second-order valence-corrected chi connectivity index (χ2v) is 8.75. The van der Waals surface area contributed by atoms with Crippen molar-refractivity contribution in [2.24, 2.45) is 0 Å². The SMILES string of the molecule is CC(=O)O[C@@H](C)C(=O)N[C@@](Cc1ccccc1)(c1cc(F)cc(OC(F)(F)C(F)F)c1)c1ccc(Cl)cn1. The van der Waals surface area contributed by atoms with E-state index < -0.39 is 47.6 Å². The number of pyridine rings is 1. The van der Waals surface area contributed by atoms with Crippen LogP contribution in [0.3, 0.4) is 0 Å². The topological polar surface area (TPSA) is 77.5 Å². The number of benzene rings is 2. The van der Waals surface area contributed by atoms with Crippen LogP contribution in [0.1, 0.15) is 30.7 Å². The van der Waals surface area contributed by atoms with Crippen LogP contribution in [0.15, 0.2) is 66.9 Å². The third-order valence-corrected chi connectivity index (χ3v) is 5.62. The van der Waals surface area contributed by atoms with E-state index in [-0.39, 0.29) is 22.7 Å². The molecule has 0 aliphatic heterocycles. The molecule has 1 heterocycles. The second kappa shape index (κ2) is 11.8. The minimum absolute atomic E-state index is 0.0892. The van der Waals surface area contributed by atoms with Crippen molar-refractivity contribution in [2.75, 3.05) is 0 Å². The van der Waals surface area contributed by atoms with Gasteiger partial charge in [0.1, 0.15) is 17.1 Å². The van der Waals surface area contributed by atoms with Crippen LogP contribution in [0.4, 0.5) is 22.0 Å². The minimum atomic E-state index is -4.92. The molecule has 1 amide bonds. The third kappa shape index (κ3) is 6.97. The Bertz CT molecular complexity index is 1280. The fraction of sp³-hybridized carbons (Fsp3) is 0.269. The van der Waals surface area contributed by atoms with Crippen LogP contribution in [0.5, 0.6) is 5.75 Å². The molecular formula is C26H22ClF5N2O4. The van der Waals surface area contributed by atoms with Crippen LogP contribution in [0, 0.1) is 5.82 Å². The van der Waals surface area contributed by atoms with E-state index >= 15 is 0 Å². The lowest BCUT2D eigenvalue weighted by Gasteiger charge is -2.36. The van der Waals surface area contributed by atoms with Gasteiger partial charge in [-0.2, -0.15) is 17.6 Å². The molecule has 3 rings (SSSR count). The molecule has 2 atom stereocenters. The fourth-order valence-corrected chi connectivity index (χ4v) is 3.85. The molecule has 0 saturated heterocycles. The Morgan fingerprint density at radius 3 is 2.34 bits per heavy atom. The van der Waals surface area contributed by atoms with Crippen LogP contribution in [0.25, 0.3) is 0 Å². The second-order valence-electron chi connectivity index (χ2n) is 8.31. The molecule has 6 nitrogen and oxygen atoms in total. The summed E-state index contributed by atoms with van der Waals surface area (Å²) in [5.74, 6) is -3.62. The van der Waals surface area contributed by atoms with E-state index in [2.05, 4.69) is 15.0 Å². The van der Waals surface area contributed by atoms with Gasteiger partial charge in [-0.25, -0.2) is 4.39 Å². The van der Waals surface area contributed by atoms with E-state index in [0.717, 1.165) is 19.1 Å². The molecular weight excluding hydrogens is 535 g/mol. The summed E-state index contributed by atoms with van der Waals surface area (Å²) in [6.07, 6.45) is -9.29. The molecule has 0 aliphatic carbocycles. The molecule has 0 bridgehead atoms. The Hall–Kier alpha value is -3.73. The van der Waals surface area contributed by atoms with Crippen molar-refractivity contribution in [3.8, 4) is 5.75 Å². The lowest BCUT2D eigenvalue weighted by atomic mass is 9.80. The smallest absolute Gasteiger partial charge is 0.453 e. The van der Waals surface area contributed by atoms with Crippen LogP contribution < -0.4 is 10.1 Å². The number of aromatic nitrogens is 1. The fourth-order valence-electron chi connectivity index (χ4n) is 3.74. The molecule has 0 radical (unpaired) electrons. The van der Waals surface area contributed by atoms with Crippen molar-refractivity contribution in [3.63, 3.8) is 0 Å². The maximum atomic E-state index is 14.8. The molecule has 0 aliphatic rings. The van der Waals surface area contributed by atoms with E-state index in [1.807, 2.05) is 0 Å². The zero-order valence-corrected chi connectivity index (χ0v) is 20.8. The van der Waals surface area contributed by atoms with Crippen molar-refractivity contribution >= 4 is 23.5 Å². The average Bonchev–Trinajstić information content (AvgIpc) is 2.83. The number of nitrogens with one attached hydrogen (secondary N) is 1. The van der Waals surface area contributed by atoms with Crippen molar-refractivity contribution < 1.29 is 41.0 Å². The van der Waals surface area contributed by atoms with Gasteiger partial charge in [0.25, 0.3) is 5.91 Å². The highest BCUT2D eigenvalue weighted by atomic mass is 35.5. The number of ether oxygens (including phenoxy) is 2. The summed E-state index contributed by atoms with van der Waals surface area (Å²) in [5.41, 5.74) is -1.28. The summed E-state index contributed by atoms with van der Waals surface area (Å²) in [5, 5.41) is 2.92. The maximum absolute atomic E-state index is 14.8. The van der Waals surface area contributed by atoms with Gasteiger partial charge in [0.05, 0.1) is 10.7 Å². The summed E-state index contributed by atoms with van der Waals surface area (Å²) in [4.78, 5) is 28.9. The first-order valence-electron chi connectivity index (χ1n) is 11.1. The van der Waals surface area contributed by atoms with Crippen molar-refractivity contribution in [1.29, 1.82) is 0 Å². The van der Waals surface area contributed by atoms with Crippen LogP contribution in [-0.2, 0) is 26.3 Å². The molecule has 0 fully saturated rings. The lowest BCUT2D eigenvalue weighted by molar-refractivity contribution is -0.253. The van der Waals surface area contributed by atoms with E-state index in [9.17, 15) is 31.5 Å². The number of hydrogen-bond acceptors (Lipinski definition) is 5. The third-order valence-electron chi connectivity index (χ3n) is 5.40. The first kappa shape index (κ1) is 28.8. The van der Waals surface area contributed by atoms with Crippen molar-refractivity contribution in [2.45, 2.75) is 44.4 Å². The van der Waals surface area contributed by atoms with E-state index in [1.165, 1.54) is 25.3 Å². The number of esters is 1. The molecule has 12 heteroatoms. The van der Waals surface area contributed by atoms with Crippen LogP contribution in [0.2, 0.25) is 5.02 Å². The normalized spacial score (nSPS) is 13.9. The summed E-state index contributed by atoms with van der Waals surface area (Å²) in [6, 6.07) is 13.7. The molecule has 38 heavy (non-hydrogen) atoms. The van der Waals surface area contributed by atoms with Gasteiger partial charge in [0.2, 0.25) is 0 Å². The number of nitrogens with zero attached hydrogens (tertiary/aromatic N) is 1. The number of carbonyl (C=O) groups is 2. The minimum Gasteiger partial charge on any atom is -0.453 e. The van der Waals surface area contributed by atoms with Gasteiger partial charge in [-0.1, -0.05) is 41.9 Å². The maximum Gasteiger partial charge on any atom is 0.461 e. The number of carbonyl (C=O) groups excluding carboxylic acids is 2. The standard InChI is InChI=1S/C26H22ClF5N2O4/c1-15(37-16(2)35)23(36)34-25(13-17-6-4-3-5-7-17,22-9-8-19(27)14-33-22)18-10-20(28)12-21(11-18)38-26(31,32)24(29)30/h3-12,14-15,24H,13H2,1-2H3,(H,34,36)/t15-,25-/m0/s1. The van der Waals surface area contributed by atoms with Gasteiger partial charge < -0.3 is 14.8 Å². The lowest BCUT2D eigenvalue weighted by Crippen LogP contribution is -2.52. The predicted molar refractivity (Wildman–Crippen MR) is 128 cm³/mol. The van der Waals surface area contributed by atoms with Crippen molar-refractivity contribution in [1.82, 2.24) is 10.3 Å². The molecule has 1 aromatic heterocycles. The zero-order valence-electron chi connectivity index (χ0n) is 20.1. The molecule has 202 valence electrons. The van der Waals surface area contributed by atoms with Gasteiger partial charge in [-0.05, 0) is 42.3 Å². The highest BCUT2D eigenvalue weighted by Gasteiger charge is 2.45. The molecule has 1 N–H and O–H groups in total. The molecule has 0 saturated carbocycles. The van der Waals surface area contributed by atoms with Crippen molar-refractivity contribution in [3.05, 3.63) is 94.5 Å². The van der Waals surface area contributed by atoms with Gasteiger partial charge >= 0.3 is 18.5 Å². The highest BCUT2D eigenvalue weighted by Crippen LogP contribution is 2.37. The van der Waals surface area contributed by atoms with Gasteiger partial charge in [-0.3, -0.25) is 14.6 Å². The first-order chi connectivity index (χ1) is 17.8. The average molecular weight is 557 g/mol. The Morgan fingerprint density at radius 1 is 1.08 bits per heavy atom. The number of rotatable bonds is 10. The van der Waals surface area contributed by atoms with Crippen LogP contribution >= 0.6 is 11.6 Å². The summed E-state index contributed by atoms with van der Waals surface area (Å²) in [7, 11) is 0. The van der Waals surface area contributed by atoms with Crippen LogP contribution in [-0.4, -0.2) is 35.5 Å². The molecule has 0 spiro atoms. The number of amides is 1. The molecule has 3 aromatic rings.